The highest BCUT2D eigenvalue weighted by atomic mass is 16.5. The molecule has 0 saturated heterocycles. The summed E-state index contributed by atoms with van der Waals surface area (Å²) in [5, 5.41) is 2.92. The molecule has 0 bridgehead atoms. The number of carbonyl (C=O) groups excluding carboxylic acids is 1. The molecule has 5 nitrogen and oxygen atoms in total. The minimum absolute atomic E-state index is 0.326. The van der Waals surface area contributed by atoms with Gasteiger partial charge in [0, 0.05) is 6.20 Å². The zero-order valence-corrected chi connectivity index (χ0v) is 8.15. The summed E-state index contributed by atoms with van der Waals surface area (Å²) in [4.78, 5) is 14.9. The molecule has 1 unspecified atom stereocenters. The van der Waals surface area contributed by atoms with E-state index in [4.69, 9.17) is 5.73 Å². The van der Waals surface area contributed by atoms with Gasteiger partial charge in [0.05, 0.1) is 24.7 Å². The molecule has 1 atom stereocenters. The molecule has 1 rings (SSSR count). The standard InChI is InChI=1S/C9H13N3O2/c1-6(9(13)14-2)12-8-3-7(10)4-11-5-8/h3-6,12H,10H2,1-2H3. The van der Waals surface area contributed by atoms with Crippen LogP contribution in [-0.2, 0) is 9.53 Å². The van der Waals surface area contributed by atoms with Crippen LogP contribution in [0, 0.1) is 0 Å². The molecule has 0 amide bonds. The summed E-state index contributed by atoms with van der Waals surface area (Å²) in [6.45, 7) is 1.70. The molecule has 0 spiro atoms. The van der Waals surface area contributed by atoms with E-state index in [-0.39, 0.29) is 5.97 Å². The Labute approximate surface area is 82.3 Å². The molecule has 0 aliphatic carbocycles. The quantitative estimate of drug-likeness (QED) is 0.692. The topological polar surface area (TPSA) is 77.2 Å². The number of nitrogens with zero attached hydrogens (tertiary/aromatic N) is 1. The van der Waals surface area contributed by atoms with Crippen LogP contribution >= 0.6 is 0 Å². The fourth-order valence-corrected chi connectivity index (χ4v) is 1.02. The number of methoxy groups -OCH3 is 1. The van der Waals surface area contributed by atoms with Gasteiger partial charge >= 0.3 is 5.97 Å². The minimum atomic E-state index is -0.413. The summed E-state index contributed by atoms with van der Waals surface area (Å²) in [6, 6.07) is 1.29. The number of nitrogens with one attached hydrogen (secondary N) is 1. The van der Waals surface area contributed by atoms with Crippen LogP contribution in [0.5, 0.6) is 0 Å². The SMILES string of the molecule is COC(=O)C(C)Nc1cncc(N)c1. The molecule has 0 radical (unpaired) electrons. The van der Waals surface area contributed by atoms with Gasteiger partial charge in [-0.15, -0.1) is 0 Å². The predicted octanol–water partition coefficient (Wildman–Crippen LogP) is 0.637. The Morgan fingerprint density at radius 1 is 1.64 bits per heavy atom. The maximum Gasteiger partial charge on any atom is 0.327 e. The molecule has 76 valence electrons. The van der Waals surface area contributed by atoms with Gasteiger partial charge in [0.15, 0.2) is 0 Å². The van der Waals surface area contributed by atoms with E-state index in [2.05, 4.69) is 15.0 Å². The zero-order chi connectivity index (χ0) is 10.6. The second kappa shape index (κ2) is 4.45. The second-order valence-corrected chi connectivity index (χ2v) is 2.90. The van der Waals surface area contributed by atoms with E-state index in [1.165, 1.54) is 13.3 Å². The number of anilines is 2. The van der Waals surface area contributed by atoms with Gasteiger partial charge in [0.2, 0.25) is 0 Å². The molecular formula is C9H13N3O2. The third-order valence-corrected chi connectivity index (χ3v) is 1.70. The third kappa shape index (κ3) is 2.62. The van der Waals surface area contributed by atoms with E-state index in [9.17, 15) is 4.79 Å². The lowest BCUT2D eigenvalue weighted by atomic mass is 10.3. The van der Waals surface area contributed by atoms with Crippen molar-refractivity contribution in [3.63, 3.8) is 0 Å². The molecule has 1 aromatic rings. The van der Waals surface area contributed by atoms with E-state index in [1.54, 1.807) is 19.2 Å². The number of aromatic nitrogens is 1. The number of nitrogens with two attached hydrogens (primary N) is 1. The van der Waals surface area contributed by atoms with Crippen LogP contribution in [0.25, 0.3) is 0 Å². The van der Waals surface area contributed by atoms with Crippen LogP contribution in [0.3, 0.4) is 0 Å². The molecule has 14 heavy (non-hydrogen) atoms. The molecule has 0 saturated carbocycles. The number of hydrogen-bond acceptors (Lipinski definition) is 5. The molecule has 5 heteroatoms. The second-order valence-electron chi connectivity index (χ2n) is 2.90. The van der Waals surface area contributed by atoms with Crippen molar-refractivity contribution in [2.24, 2.45) is 0 Å². The van der Waals surface area contributed by atoms with Crippen LogP contribution in [0.1, 0.15) is 6.92 Å². The summed E-state index contributed by atoms with van der Waals surface area (Å²) in [5.41, 5.74) is 6.77. The lowest BCUT2D eigenvalue weighted by Crippen LogP contribution is -2.27. The third-order valence-electron chi connectivity index (χ3n) is 1.70. The van der Waals surface area contributed by atoms with Gasteiger partial charge in [-0.2, -0.15) is 0 Å². The first kappa shape index (κ1) is 10.3. The molecule has 0 aliphatic heterocycles. The summed E-state index contributed by atoms with van der Waals surface area (Å²) in [5.74, 6) is -0.326. The van der Waals surface area contributed by atoms with Gasteiger partial charge in [-0.25, -0.2) is 4.79 Å². The van der Waals surface area contributed by atoms with Crippen molar-refractivity contribution in [2.45, 2.75) is 13.0 Å². The van der Waals surface area contributed by atoms with E-state index in [0.29, 0.717) is 11.4 Å². The molecule has 1 aromatic heterocycles. The van der Waals surface area contributed by atoms with Crippen LogP contribution in [0.15, 0.2) is 18.5 Å². The summed E-state index contributed by atoms with van der Waals surface area (Å²) in [7, 11) is 1.35. The van der Waals surface area contributed by atoms with Crippen molar-refractivity contribution >= 4 is 17.3 Å². The summed E-state index contributed by atoms with van der Waals surface area (Å²) < 4.78 is 4.56. The van der Waals surface area contributed by atoms with Crippen LogP contribution < -0.4 is 11.1 Å². The van der Waals surface area contributed by atoms with Crippen LogP contribution in [0.4, 0.5) is 11.4 Å². The van der Waals surface area contributed by atoms with Crippen molar-refractivity contribution in [2.75, 3.05) is 18.2 Å². The number of hydrogen-bond donors (Lipinski definition) is 2. The van der Waals surface area contributed by atoms with Crippen molar-refractivity contribution in [3.8, 4) is 0 Å². The van der Waals surface area contributed by atoms with E-state index >= 15 is 0 Å². The number of carbonyl (C=O) groups is 1. The number of nitrogen functional groups attached to an aromatic ring is 1. The first-order valence-corrected chi connectivity index (χ1v) is 4.18. The van der Waals surface area contributed by atoms with Crippen molar-refractivity contribution in [3.05, 3.63) is 18.5 Å². The number of ether oxygens (including phenoxy) is 1. The fraction of sp³-hybridized carbons (Fsp3) is 0.333. The summed E-state index contributed by atoms with van der Waals surface area (Å²) >= 11 is 0. The van der Waals surface area contributed by atoms with Gasteiger partial charge in [0.1, 0.15) is 6.04 Å². The highest BCUT2D eigenvalue weighted by Crippen LogP contribution is 2.10. The first-order chi connectivity index (χ1) is 6.63. The largest absolute Gasteiger partial charge is 0.467 e. The van der Waals surface area contributed by atoms with Crippen LogP contribution in [0.2, 0.25) is 0 Å². The van der Waals surface area contributed by atoms with Crippen LogP contribution in [-0.4, -0.2) is 24.1 Å². The average Bonchev–Trinajstić information content (AvgIpc) is 2.16. The number of pyridine rings is 1. The molecule has 1 heterocycles. The number of esters is 1. The number of rotatable bonds is 3. The monoisotopic (exact) mass is 195 g/mol. The maximum atomic E-state index is 11.1. The normalized spacial score (nSPS) is 11.9. The highest BCUT2D eigenvalue weighted by molar-refractivity contribution is 5.78. The smallest absolute Gasteiger partial charge is 0.327 e. The Balaban J connectivity index is 2.64. The Kier molecular flexibility index (Phi) is 3.28. The van der Waals surface area contributed by atoms with E-state index < -0.39 is 6.04 Å². The average molecular weight is 195 g/mol. The van der Waals surface area contributed by atoms with Gasteiger partial charge in [-0.3, -0.25) is 4.98 Å². The van der Waals surface area contributed by atoms with Gasteiger partial charge in [-0.1, -0.05) is 0 Å². The van der Waals surface area contributed by atoms with Gasteiger partial charge in [-0.05, 0) is 13.0 Å². The van der Waals surface area contributed by atoms with E-state index in [0.717, 1.165) is 0 Å². The molecule has 3 N–H and O–H groups in total. The Morgan fingerprint density at radius 2 is 2.36 bits per heavy atom. The maximum absolute atomic E-state index is 11.1. The minimum Gasteiger partial charge on any atom is -0.467 e. The lowest BCUT2D eigenvalue weighted by molar-refractivity contribution is -0.141. The fourth-order valence-electron chi connectivity index (χ4n) is 1.02. The Morgan fingerprint density at radius 3 is 2.93 bits per heavy atom. The molecular weight excluding hydrogens is 182 g/mol. The Bertz CT molecular complexity index is 328. The molecule has 0 fully saturated rings. The van der Waals surface area contributed by atoms with Crippen molar-refractivity contribution in [1.29, 1.82) is 0 Å². The van der Waals surface area contributed by atoms with Crippen molar-refractivity contribution < 1.29 is 9.53 Å². The van der Waals surface area contributed by atoms with E-state index in [1.807, 2.05) is 0 Å². The highest BCUT2D eigenvalue weighted by Gasteiger charge is 2.12. The molecule has 0 aromatic carbocycles. The molecule has 0 aliphatic rings. The predicted molar refractivity (Wildman–Crippen MR) is 53.8 cm³/mol. The van der Waals surface area contributed by atoms with Gasteiger partial charge < -0.3 is 15.8 Å². The lowest BCUT2D eigenvalue weighted by Gasteiger charge is -2.12. The zero-order valence-electron chi connectivity index (χ0n) is 8.15. The van der Waals surface area contributed by atoms with Crippen molar-refractivity contribution in [1.82, 2.24) is 4.98 Å². The Hall–Kier alpha value is -1.78. The van der Waals surface area contributed by atoms with Gasteiger partial charge in [0.25, 0.3) is 0 Å². The summed E-state index contributed by atoms with van der Waals surface area (Å²) in [6.07, 6.45) is 3.13. The first-order valence-electron chi connectivity index (χ1n) is 4.18.